The maximum atomic E-state index is 10.6. The Bertz CT molecular complexity index is 191. The van der Waals surface area contributed by atoms with E-state index < -0.39 is 0 Å². The third-order valence-corrected chi connectivity index (χ3v) is 2.86. The first kappa shape index (κ1) is 13.5. The molecule has 1 aliphatic rings. The molecule has 4 nitrogen and oxygen atoms in total. The molecule has 1 saturated carbocycles. The fourth-order valence-electron chi connectivity index (χ4n) is 1.98. The van der Waals surface area contributed by atoms with Gasteiger partial charge in [-0.3, -0.25) is 4.79 Å². The van der Waals surface area contributed by atoms with E-state index in [1.807, 2.05) is 0 Å². The molecule has 1 aliphatic carbocycles. The molecule has 0 aliphatic heterocycles. The lowest BCUT2D eigenvalue weighted by molar-refractivity contribution is -0.118. The van der Waals surface area contributed by atoms with Gasteiger partial charge in [-0.2, -0.15) is 0 Å². The van der Waals surface area contributed by atoms with Crippen molar-refractivity contribution < 1.29 is 9.53 Å². The molecule has 0 aromatic heterocycles. The minimum Gasteiger partial charge on any atom is -0.377 e. The van der Waals surface area contributed by atoms with E-state index in [-0.39, 0.29) is 5.91 Å². The largest absolute Gasteiger partial charge is 0.377 e. The first-order valence-electron chi connectivity index (χ1n) is 6.36. The highest BCUT2D eigenvalue weighted by atomic mass is 16.5. The second-order valence-corrected chi connectivity index (χ2v) is 4.36. The predicted molar refractivity (Wildman–Crippen MR) is 64.4 cm³/mol. The van der Waals surface area contributed by atoms with E-state index in [4.69, 9.17) is 4.74 Å². The van der Waals surface area contributed by atoms with E-state index in [0.717, 1.165) is 19.7 Å². The van der Waals surface area contributed by atoms with E-state index in [2.05, 4.69) is 10.6 Å². The zero-order valence-corrected chi connectivity index (χ0v) is 10.3. The summed E-state index contributed by atoms with van der Waals surface area (Å²) in [6.07, 6.45) is 6.96. The molecule has 0 unspecified atom stereocenters. The van der Waals surface area contributed by atoms with E-state index in [0.29, 0.717) is 12.6 Å². The van der Waals surface area contributed by atoms with E-state index >= 15 is 0 Å². The lowest BCUT2D eigenvalue weighted by Crippen LogP contribution is -2.32. The Balaban J connectivity index is 1.82. The molecule has 2 N–H and O–H groups in total. The Morgan fingerprint density at radius 2 is 1.94 bits per heavy atom. The molecule has 0 atom stereocenters. The molecule has 0 bridgehead atoms. The highest BCUT2D eigenvalue weighted by Gasteiger charge is 2.12. The van der Waals surface area contributed by atoms with Crippen LogP contribution in [0.15, 0.2) is 0 Å². The van der Waals surface area contributed by atoms with Gasteiger partial charge in [-0.05, 0) is 12.8 Å². The van der Waals surface area contributed by atoms with E-state index in [1.54, 1.807) is 0 Å². The van der Waals surface area contributed by atoms with Crippen molar-refractivity contribution in [1.82, 2.24) is 10.6 Å². The summed E-state index contributed by atoms with van der Waals surface area (Å²) in [4.78, 5) is 10.6. The predicted octanol–water partition coefficient (Wildman–Crippen LogP) is 1.06. The molecular formula is C12H24N2O2. The second-order valence-electron chi connectivity index (χ2n) is 4.36. The summed E-state index contributed by atoms with van der Waals surface area (Å²) in [5.41, 5.74) is 0. The number of carbonyl (C=O) groups excluding carboxylic acids is 1. The van der Waals surface area contributed by atoms with Crippen molar-refractivity contribution in [1.29, 1.82) is 0 Å². The van der Waals surface area contributed by atoms with Crippen molar-refractivity contribution in [2.24, 2.45) is 0 Å². The SMILES string of the molecule is CC(=O)NCCNCCOC1CCCCC1. The summed E-state index contributed by atoms with van der Waals surface area (Å²) < 4.78 is 5.76. The van der Waals surface area contributed by atoms with Gasteiger partial charge in [0.05, 0.1) is 12.7 Å². The van der Waals surface area contributed by atoms with Crippen LogP contribution in [0.5, 0.6) is 0 Å². The molecule has 0 radical (unpaired) electrons. The molecule has 94 valence electrons. The molecule has 0 aromatic rings. The van der Waals surface area contributed by atoms with Gasteiger partial charge >= 0.3 is 0 Å². The minimum atomic E-state index is 0.0280. The van der Waals surface area contributed by atoms with Gasteiger partial charge in [-0.25, -0.2) is 0 Å². The Kier molecular flexibility index (Phi) is 7.17. The summed E-state index contributed by atoms with van der Waals surface area (Å²) in [5.74, 6) is 0.0280. The molecular weight excluding hydrogens is 204 g/mol. The molecule has 1 rings (SSSR count). The van der Waals surface area contributed by atoms with Crippen LogP contribution in [0.4, 0.5) is 0 Å². The molecule has 0 saturated heterocycles. The molecule has 1 amide bonds. The van der Waals surface area contributed by atoms with Crippen molar-refractivity contribution in [2.75, 3.05) is 26.2 Å². The van der Waals surface area contributed by atoms with Crippen LogP contribution >= 0.6 is 0 Å². The fourth-order valence-corrected chi connectivity index (χ4v) is 1.98. The summed E-state index contributed by atoms with van der Waals surface area (Å²) in [7, 11) is 0. The maximum absolute atomic E-state index is 10.6. The van der Waals surface area contributed by atoms with Gasteiger partial charge in [-0.1, -0.05) is 19.3 Å². The number of hydrogen-bond acceptors (Lipinski definition) is 3. The average molecular weight is 228 g/mol. The summed E-state index contributed by atoms with van der Waals surface area (Å²) in [5, 5.41) is 5.98. The number of nitrogens with one attached hydrogen (secondary N) is 2. The Morgan fingerprint density at radius 3 is 2.62 bits per heavy atom. The van der Waals surface area contributed by atoms with Crippen LogP contribution in [0, 0.1) is 0 Å². The first-order chi connectivity index (χ1) is 7.79. The second kappa shape index (κ2) is 8.53. The zero-order valence-electron chi connectivity index (χ0n) is 10.3. The zero-order chi connectivity index (χ0) is 11.6. The highest BCUT2D eigenvalue weighted by molar-refractivity contribution is 5.72. The Hall–Kier alpha value is -0.610. The summed E-state index contributed by atoms with van der Waals surface area (Å²) in [6, 6.07) is 0. The number of amides is 1. The van der Waals surface area contributed by atoms with Crippen LogP contribution in [0.25, 0.3) is 0 Å². The van der Waals surface area contributed by atoms with Crippen molar-refractivity contribution in [3.05, 3.63) is 0 Å². The highest BCUT2D eigenvalue weighted by Crippen LogP contribution is 2.19. The maximum Gasteiger partial charge on any atom is 0.216 e. The quantitative estimate of drug-likeness (QED) is 0.641. The van der Waals surface area contributed by atoms with Crippen LogP contribution in [-0.2, 0) is 9.53 Å². The average Bonchev–Trinajstić information content (AvgIpc) is 2.29. The van der Waals surface area contributed by atoms with E-state index in [9.17, 15) is 4.79 Å². The standard InChI is InChI=1S/C12H24N2O2/c1-11(15)14-8-7-13-9-10-16-12-5-3-2-4-6-12/h12-13H,2-10H2,1H3,(H,14,15). The molecule has 0 heterocycles. The molecule has 0 spiro atoms. The Morgan fingerprint density at radius 1 is 1.19 bits per heavy atom. The third kappa shape index (κ3) is 6.80. The van der Waals surface area contributed by atoms with Gasteiger partial charge in [0.1, 0.15) is 0 Å². The van der Waals surface area contributed by atoms with Crippen LogP contribution < -0.4 is 10.6 Å². The number of rotatable bonds is 7. The normalized spacial score (nSPS) is 17.3. The molecule has 0 aromatic carbocycles. The summed E-state index contributed by atoms with van der Waals surface area (Å²) in [6.45, 7) is 4.69. The van der Waals surface area contributed by atoms with Crippen molar-refractivity contribution in [3.63, 3.8) is 0 Å². The lowest BCUT2D eigenvalue weighted by Gasteiger charge is -2.22. The monoisotopic (exact) mass is 228 g/mol. The summed E-state index contributed by atoms with van der Waals surface area (Å²) >= 11 is 0. The van der Waals surface area contributed by atoms with Gasteiger partial charge in [0.2, 0.25) is 5.91 Å². The van der Waals surface area contributed by atoms with Gasteiger partial charge in [-0.15, -0.1) is 0 Å². The lowest BCUT2D eigenvalue weighted by atomic mass is 9.98. The molecule has 4 heteroatoms. The number of carbonyl (C=O) groups is 1. The first-order valence-corrected chi connectivity index (χ1v) is 6.36. The van der Waals surface area contributed by atoms with Gasteiger partial charge < -0.3 is 15.4 Å². The molecule has 16 heavy (non-hydrogen) atoms. The number of ether oxygens (including phenoxy) is 1. The van der Waals surface area contributed by atoms with Crippen LogP contribution in [-0.4, -0.2) is 38.3 Å². The van der Waals surface area contributed by atoms with Gasteiger partial charge in [0.15, 0.2) is 0 Å². The fraction of sp³-hybridized carbons (Fsp3) is 0.917. The van der Waals surface area contributed by atoms with Crippen LogP contribution in [0.3, 0.4) is 0 Å². The van der Waals surface area contributed by atoms with Crippen molar-refractivity contribution in [3.8, 4) is 0 Å². The van der Waals surface area contributed by atoms with Crippen molar-refractivity contribution in [2.45, 2.75) is 45.1 Å². The molecule has 1 fully saturated rings. The van der Waals surface area contributed by atoms with Crippen molar-refractivity contribution >= 4 is 5.91 Å². The van der Waals surface area contributed by atoms with Gasteiger partial charge in [0.25, 0.3) is 0 Å². The third-order valence-electron chi connectivity index (χ3n) is 2.86. The van der Waals surface area contributed by atoms with Crippen LogP contribution in [0.2, 0.25) is 0 Å². The van der Waals surface area contributed by atoms with E-state index in [1.165, 1.54) is 39.0 Å². The Labute approximate surface area is 98.1 Å². The smallest absolute Gasteiger partial charge is 0.216 e. The number of hydrogen-bond donors (Lipinski definition) is 2. The minimum absolute atomic E-state index is 0.0280. The topological polar surface area (TPSA) is 50.4 Å². The van der Waals surface area contributed by atoms with Crippen LogP contribution in [0.1, 0.15) is 39.0 Å². The van der Waals surface area contributed by atoms with Gasteiger partial charge in [0, 0.05) is 26.6 Å².